The quantitative estimate of drug-likeness (QED) is 0.588. The maximum absolute atomic E-state index is 12.6. The molecule has 6 nitrogen and oxygen atoms in total. The highest BCUT2D eigenvalue weighted by Crippen LogP contribution is 2.34. The van der Waals surface area contributed by atoms with E-state index < -0.39 is 0 Å². The highest BCUT2D eigenvalue weighted by Gasteiger charge is 2.25. The van der Waals surface area contributed by atoms with E-state index in [9.17, 15) is 9.59 Å². The summed E-state index contributed by atoms with van der Waals surface area (Å²) in [5.41, 5.74) is 0.964. The summed E-state index contributed by atoms with van der Waals surface area (Å²) in [6.07, 6.45) is 8.87. The Hall–Kier alpha value is -1.86. The van der Waals surface area contributed by atoms with Crippen LogP contribution in [-0.2, 0) is 4.79 Å². The van der Waals surface area contributed by atoms with Gasteiger partial charge in [-0.2, -0.15) is 0 Å². The SMILES string of the molecule is O=C(NCCCC(=O)N1CCC(c2nc3cc(Cl)ccc3s2)CC1)NC1CCCCC1. The van der Waals surface area contributed by atoms with Gasteiger partial charge in [0, 0.05) is 43.0 Å². The zero-order chi connectivity index (χ0) is 21.6. The number of fused-ring (bicyclic) bond motifs is 1. The number of piperidine rings is 1. The van der Waals surface area contributed by atoms with Gasteiger partial charge in [0.15, 0.2) is 0 Å². The van der Waals surface area contributed by atoms with Crippen LogP contribution in [0.15, 0.2) is 18.2 Å². The van der Waals surface area contributed by atoms with E-state index in [1.165, 1.54) is 19.3 Å². The predicted molar refractivity (Wildman–Crippen MR) is 126 cm³/mol. The predicted octanol–water partition coefficient (Wildman–Crippen LogP) is 5.07. The van der Waals surface area contributed by atoms with E-state index in [0.29, 0.717) is 36.4 Å². The van der Waals surface area contributed by atoms with Gasteiger partial charge in [-0.1, -0.05) is 30.9 Å². The fourth-order valence-corrected chi connectivity index (χ4v) is 5.84. The van der Waals surface area contributed by atoms with Gasteiger partial charge in [-0.3, -0.25) is 4.79 Å². The van der Waals surface area contributed by atoms with Gasteiger partial charge < -0.3 is 15.5 Å². The molecule has 1 aliphatic heterocycles. The minimum absolute atomic E-state index is 0.0997. The molecular weight excluding hydrogens is 432 g/mol. The fourth-order valence-electron chi connectivity index (χ4n) is 4.55. The summed E-state index contributed by atoms with van der Waals surface area (Å²) in [4.78, 5) is 31.3. The molecule has 2 aromatic rings. The van der Waals surface area contributed by atoms with E-state index in [2.05, 4.69) is 10.6 Å². The van der Waals surface area contributed by atoms with Crippen molar-refractivity contribution in [2.75, 3.05) is 19.6 Å². The number of benzene rings is 1. The summed E-state index contributed by atoms with van der Waals surface area (Å²) < 4.78 is 1.16. The Balaban J connectivity index is 1.15. The zero-order valence-electron chi connectivity index (χ0n) is 17.9. The van der Waals surface area contributed by atoms with Crippen LogP contribution in [0.25, 0.3) is 10.2 Å². The second-order valence-electron chi connectivity index (χ2n) is 8.66. The van der Waals surface area contributed by atoms with Crippen LogP contribution in [0.4, 0.5) is 4.79 Å². The molecule has 1 aromatic carbocycles. The number of hydrogen-bond acceptors (Lipinski definition) is 4. The second-order valence-corrected chi connectivity index (χ2v) is 10.2. The largest absolute Gasteiger partial charge is 0.343 e. The van der Waals surface area contributed by atoms with Gasteiger partial charge >= 0.3 is 6.03 Å². The average molecular weight is 463 g/mol. The number of rotatable bonds is 6. The van der Waals surface area contributed by atoms with Crippen LogP contribution in [0.1, 0.15) is 68.7 Å². The first-order valence-electron chi connectivity index (χ1n) is 11.5. The molecule has 0 atom stereocenters. The normalized spacial score (nSPS) is 18.3. The maximum atomic E-state index is 12.6. The highest BCUT2D eigenvalue weighted by atomic mass is 35.5. The number of thiazole rings is 1. The molecule has 8 heteroatoms. The minimum Gasteiger partial charge on any atom is -0.343 e. The lowest BCUT2D eigenvalue weighted by Crippen LogP contribution is -2.43. The summed E-state index contributed by atoms with van der Waals surface area (Å²) in [5, 5.41) is 7.81. The Morgan fingerprint density at radius 1 is 1.13 bits per heavy atom. The molecule has 2 N–H and O–H groups in total. The molecule has 2 heterocycles. The van der Waals surface area contributed by atoms with E-state index >= 15 is 0 Å². The Kier molecular flexibility index (Phi) is 7.67. The third-order valence-electron chi connectivity index (χ3n) is 6.36. The van der Waals surface area contributed by atoms with Crippen molar-refractivity contribution in [3.05, 3.63) is 28.2 Å². The molecule has 0 bridgehead atoms. The van der Waals surface area contributed by atoms with Crippen molar-refractivity contribution in [2.24, 2.45) is 0 Å². The van der Waals surface area contributed by atoms with E-state index in [1.807, 2.05) is 23.1 Å². The lowest BCUT2D eigenvalue weighted by molar-refractivity contribution is -0.132. The minimum atomic E-state index is -0.0997. The topological polar surface area (TPSA) is 74.3 Å². The van der Waals surface area contributed by atoms with Gasteiger partial charge in [-0.05, 0) is 50.3 Å². The van der Waals surface area contributed by atoms with E-state index in [-0.39, 0.29) is 11.9 Å². The lowest BCUT2D eigenvalue weighted by Gasteiger charge is -2.31. The first-order chi connectivity index (χ1) is 15.1. The van der Waals surface area contributed by atoms with Crippen LogP contribution in [0, 0.1) is 0 Å². The molecule has 3 amide bonds. The number of likely N-dealkylation sites (tertiary alicyclic amines) is 1. The standard InChI is InChI=1S/C23H31ClN4O2S/c24-17-8-9-20-19(15-17)27-22(31-20)16-10-13-28(14-11-16)21(29)7-4-12-25-23(30)26-18-5-2-1-3-6-18/h8-9,15-16,18H,1-7,10-14H2,(H2,25,26,30). The summed E-state index contributed by atoms with van der Waals surface area (Å²) in [7, 11) is 0. The number of carbonyl (C=O) groups is 2. The number of urea groups is 1. The Morgan fingerprint density at radius 3 is 2.68 bits per heavy atom. The summed E-state index contributed by atoms with van der Waals surface area (Å²) in [5.74, 6) is 0.592. The summed E-state index contributed by atoms with van der Waals surface area (Å²) in [6, 6.07) is 6.06. The molecule has 1 saturated heterocycles. The maximum Gasteiger partial charge on any atom is 0.315 e. The average Bonchev–Trinajstić information content (AvgIpc) is 3.20. The third-order valence-corrected chi connectivity index (χ3v) is 7.79. The van der Waals surface area contributed by atoms with E-state index in [4.69, 9.17) is 16.6 Å². The van der Waals surface area contributed by atoms with Crippen molar-refractivity contribution in [3.63, 3.8) is 0 Å². The van der Waals surface area contributed by atoms with Crippen LogP contribution in [0.5, 0.6) is 0 Å². The van der Waals surface area contributed by atoms with Gasteiger partial charge in [0.1, 0.15) is 0 Å². The van der Waals surface area contributed by atoms with Crippen molar-refractivity contribution in [3.8, 4) is 0 Å². The molecule has 2 fully saturated rings. The van der Waals surface area contributed by atoms with Crippen LogP contribution in [-0.4, -0.2) is 47.5 Å². The third kappa shape index (κ3) is 6.10. The van der Waals surface area contributed by atoms with Gasteiger partial charge in [0.05, 0.1) is 15.2 Å². The van der Waals surface area contributed by atoms with Crippen molar-refractivity contribution >= 4 is 45.1 Å². The monoisotopic (exact) mass is 462 g/mol. The molecule has 0 radical (unpaired) electrons. The van der Waals surface area contributed by atoms with E-state index in [0.717, 1.165) is 54.0 Å². The van der Waals surface area contributed by atoms with Gasteiger partial charge in [0.25, 0.3) is 0 Å². The Morgan fingerprint density at radius 2 is 1.90 bits per heavy atom. The first-order valence-corrected chi connectivity index (χ1v) is 12.7. The van der Waals surface area contributed by atoms with Crippen LogP contribution < -0.4 is 10.6 Å². The number of halogens is 1. The zero-order valence-corrected chi connectivity index (χ0v) is 19.4. The first kappa shape index (κ1) is 22.3. The summed E-state index contributed by atoms with van der Waals surface area (Å²) >= 11 is 7.81. The molecule has 168 valence electrons. The van der Waals surface area contributed by atoms with Crippen LogP contribution >= 0.6 is 22.9 Å². The Bertz CT molecular complexity index is 904. The molecule has 1 aromatic heterocycles. The van der Waals surface area contributed by atoms with Crippen molar-refractivity contribution < 1.29 is 9.59 Å². The fraction of sp³-hybridized carbons (Fsp3) is 0.609. The molecule has 1 aliphatic carbocycles. The molecule has 31 heavy (non-hydrogen) atoms. The Labute approximate surface area is 192 Å². The smallest absolute Gasteiger partial charge is 0.315 e. The van der Waals surface area contributed by atoms with Gasteiger partial charge in [-0.25, -0.2) is 9.78 Å². The summed E-state index contributed by atoms with van der Waals surface area (Å²) in [6.45, 7) is 2.08. The molecule has 0 unspecified atom stereocenters. The van der Waals surface area contributed by atoms with Crippen molar-refractivity contribution in [2.45, 2.75) is 69.7 Å². The number of amides is 3. The number of nitrogens with zero attached hydrogens (tertiary/aromatic N) is 2. The number of carbonyl (C=O) groups excluding carboxylic acids is 2. The van der Waals surface area contributed by atoms with Crippen LogP contribution in [0.2, 0.25) is 5.02 Å². The molecular formula is C23H31ClN4O2S. The van der Waals surface area contributed by atoms with Crippen molar-refractivity contribution in [1.82, 2.24) is 20.5 Å². The van der Waals surface area contributed by atoms with Crippen molar-refractivity contribution in [1.29, 1.82) is 0 Å². The molecule has 2 aliphatic rings. The van der Waals surface area contributed by atoms with Gasteiger partial charge in [-0.15, -0.1) is 11.3 Å². The second kappa shape index (κ2) is 10.6. The highest BCUT2D eigenvalue weighted by molar-refractivity contribution is 7.18. The van der Waals surface area contributed by atoms with Crippen LogP contribution in [0.3, 0.4) is 0 Å². The number of aromatic nitrogens is 1. The van der Waals surface area contributed by atoms with E-state index in [1.54, 1.807) is 11.3 Å². The number of nitrogens with one attached hydrogen (secondary N) is 2. The number of hydrogen-bond donors (Lipinski definition) is 2. The lowest BCUT2D eigenvalue weighted by atomic mass is 9.96. The molecule has 4 rings (SSSR count). The molecule has 1 saturated carbocycles. The molecule has 0 spiro atoms. The van der Waals surface area contributed by atoms with Gasteiger partial charge in [0.2, 0.25) is 5.91 Å².